The normalized spacial score (nSPS) is 21.3. The second kappa shape index (κ2) is 4.91. The SMILES string of the molecule is C[C@@H]1CNCCN1Cc1nc(-c2ccoc2)no1. The molecule has 1 fully saturated rings. The van der Waals surface area contributed by atoms with Crippen LogP contribution in [-0.4, -0.2) is 40.7 Å². The molecule has 0 spiro atoms. The van der Waals surface area contributed by atoms with E-state index in [-0.39, 0.29) is 0 Å². The fourth-order valence-electron chi connectivity index (χ4n) is 2.12. The molecule has 18 heavy (non-hydrogen) atoms. The Hall–Kier alpha value is -1.66. The molecule has 1 atom stereocenters. The molecule has 1 aliphatic heterocycles. The fourth-order valence-corrected chi connectivity index (χ4v) is 2.12. The minimum atomic E-state index is 0.489. The van der Waals surface area contributed by atoms with E-state index >= 15 is 0 Å². The molecule has 1 aliphatic rings. The summed E-state index contributed by atoms with van der Waals surface area (Å²) >= 11 is 0. The number of hydrogen-bond acceptors (Lipinski definition) is 6. The topological polar surface area (TPSA) is 67.3 Å². The molecule has 96 valence electrons. The van der Waals surface area contributed by atoms with Crippen molar-refractivity contribution >= 4 is 0 Å². The molecule has 0 unspecified atom stereocenters. The van der Waals surface area contributed by atoms with Crippen molar-refractivity contribution in [3.05, 3.63) is 24.5 Å². The van der Waals surface area contributed by atoms with E-state index in [2.05, 4.69) is 27.3 Å². The third-order valence-electron chi connectivity index (χ3n) is 3.22. The van der Waals surface area contributed by atoms with Crippen molar-refractivity contribution in [2.24, 2.45) is 0 Å². The lowest BCUT2D eigenvalue weighted by molar-refractivity contribution is 0.146. The fraction of sp³-hybridized carbons (Fsp3) is 0.500. The van der Waals surface area contributed by atoms with Gasteiger partial charge in [-0.3, -0.25) is 4.90 Å². The maximum absolute atomic E-state index is 5.27. The zero-order chi connectivity index (χ0) is 12.4. The van der Waals surface area contributed by atoms with Crippen molar-refractivity contribution in [3.63, 3.8) is 0 Å². The van der Waals surface area contributed by atoms with Gasteiger partial charge >= 0.3 is 0 Å². The predicted octanol–water partition coefficient (Wildman–Crippen LogP) is 1.12. The van der Waals surface area contributed by atoms with Gasteiger partial charge in [0.15, 0.2) is 0 Å². The van der Waals surface area contributed by atoms with Gasteiger partial charge in [0.1, 0.15) is 6.26 Å². The summed E-state index contributed by atoms with van der Waals surface area (Å²) < 4.78 is 10.3. The highest BCUT2D eigenvalue weighted by Crippen LogP contribution is 2.17. The van der Waals surface area contributed by atoms with Crippen LogP contribution < -0.4 is 5.32 Å². The van der Waals surface area contributed by atoms with E-state index in [0.717, 1.165) is 25.2 Å². The van der Waals surface area contributed by atoms with Gasteiger partial charge in [0.2, 0.25) is 11.7 Å². The third kappa shape index (κ3) is 2.30. The number of furan rings is 1. The number of rotatable bonds is 3. The van der Waals surface area contributed by atoms with Crippen molar-refractivity contribution in [2.75, 3.05) is 19.6 Å². The number of nitrogens with one attached hydrogen (secondary N) is 1. The monoisotopic (exact) mass is 248 g/mol. The number of hydrogen-bond donors (Lipinski definition) is 1. The minimum absolute atomic E-state index is 0.489. The van der Waals surface area contributed by atoms with Crippen LogP contribution in [0.5, 0.6) is 0 Å². The average molecular weight is 248 g/mol. The summed E-state index contributed by atoms with van der Waals surface area (Å²) in [4.78, 5) is 6.72. The lowest BCUT2D eigenvalue weighted by atomic mass is 10.2. The summed E-state index contributed by atoms with van der Waals surface area (Å²) in [5, 5.41) is 7.32. The van der Waals surface area contributed by atoms with Gasteiger partial charge in [-0.2, -0.15) is 4.98 Å². The van der Waals surface area contributed by atoms with E-state index in [4.69, 9.17) is 8.94 Å². The van der Waals surface area contributed by atoms with Gasteiger partial charge in [0.05, 0.1) is 18.4 Å². The minimum Gasteiger partial charge on any atom is -0.472 e. The first-order chi connectivity index (χ1) is 8.83. The largest absolute Gasteiger partial charge is 0.472 e. The van der Waals surface area contributed by atoms with Crippen LogP contribution in [0.4, 0.5) is 0 Å². The van der Waals surface area contributed by atoms with Crippen LogP contribution in [0.2, 0.25) is 0 Å². The number of nitrogens with zero attached hydrogens (tertiary/aromatic N) is 3. The molecule has 0 bridgehead atoms. The van der Waals surface area contributed by atoms with E-state index in [1.165, 1.54) is 0 Å². The van der Waals surface area contributed by atoms with E-state index < -0.39 is 0 Å². The first kappa shape index (κ1) is 11.4. The second-order valence-corrected chi connectivity index (χ2v) is 4.55. The van der Waals surface area contributed by atoms with Crippen LogP contribution >= 0.6 is 0 Å². The van der Waals surface area contributed by atoms with Crippen molar-refractivity contribution < 1.29 is 8.94 Å². The summed E-state index contributed by atoms with van der Waals surface area (Å²) in [7, 11) is 0. The van der Waals surface area contributed by atoms with Gasteiger partial charge < -0.3 is 14.3 Å². The van der Waals surface area contributed by atoms with Crippen LogP contribution in [0.15, 0.2) is 27.5 Å². The molecule has 0 aliphatic carbocycles. The number of piperazine rings is 1. The quantitative estimate of drug-likeness (QED) is 0.878. The van der Waals surface area contributed by atoms with Crippen LogP contribution in [0, 0.1) is 0 Å². The van der Waals surface area contributed by atoms with Crippen LogP contribution in [0.1, 0.15) is 12.8 Å². The van der Waals surface area contributed by atoms with Gasteiger partial charge in [0, 0.05) is 25.7 Å². The van der Waals surface area contributed by atoms with Crippen LogP contribution in [0.3, 0.4) is 0 Å². The molecule has 1 N–H and O–H groups in total. The smallest absolute Gasteiger partial charge is 0.241 e. The third-order valence-corrected chi connectivity index (χ3v) is 3.22. The highest BCUT2D eigenvalue weighted by atomic mass is 16.5. The lowest BCUT2D eigenvalue weighted by Gasteiger charge is -2.32. The summed E-state index contributed by atoms with van der Waals surface area (Å²) in [5.74, 6) is 1.24. The standard InChI is InChI=1S/C12H16N4O2/c1-9-6-13-3-4-16(9)7-11-14-12(15-18-11)10-2-5-17-8-10/h2,5,8-9,13H,3-4,6-7H2,1H3/t9-/m1/s1. The van der Waals surface area contributed by atoms with Gasteiger partial charge in [-0.15, -0.1) is 0 Å². The first-order valence-corrected chi connectivity index (χ1v) is 6.13. The summed E-state index contributed by atoms with van der Waals surface area (Å²) in [6, 6.07) is 2.31. The van der Waals surface area contributed by atoms with Crippen molar-refractivity contribution in [2.45, 2.75) is 19.5 Å². The molecule has 6 nitrogen and oxygen atoms in total. The van der Waals surface area contributed by atoms with Crippen molar-refractivity contribution in [3.8, 4) is 11.4 Å². The Morgan fingerprint density at radius 1 is 1.56 bits per heavy atom. The molecule has 1 saturated heterocycles. The average Bonchev–Trinajstić information content (AvgIpc) is 3.02. The Morgan fingerprint density at radius 2 is 2.50 bits per heavy atom. The molecule has 3 heterocycles. The van der Waals surface area contributed by atoms with E-state index in [1.54, 1.807) is 12.5 Å². The van der Waals surface area contributed by atoms with Crippen molar-refractivity contribution in [1.29, 1.82) is 0 Å². The van der Waals surface area contributed by atoms with E-state index in [9.17, 15) is 0 Å². The molecule has 0 amide bonds. The lowest BCUT2D eigenvalue weighted by Crippen LogP contribution is -2.49. The van der Waals surface area contributed by atoms with Crippen molar-refractivity contribution in [1.82, 2.24) is 20.4 Å². The zero-order valence-electron chi connectivity index (χ0n) is 10.3. The molecule has 0 aromatic carbocycles. The molecular weight excluding hydrogens is 232 g/mol. The molecule has 0 radical (unpaired) electrons. The Morgan fingerprint density at radius 3 is 3.28 bits per heavy atom. The van der Waals surface area contributed by atoms with E-state index in [0.29, 0.717) is 24.3 Å². The maximum atomic E-state index is 5.27. The predicted molar refractivity (Wildman–Crippen MR) is 64.7 cm³/mol. The molecular formula is C12H16N4O2. The van der Waals surface area contributed by atoms with E-state index in [1.807, 2.05) is 6.07 Å². The van der Waals surface area contributed by atoms with Gasteiger partial charge in [-0.25, -0.2) is 0 Å². The Bertz CT molecular complexity index is 494. The maximum Gasteiger partial charge on any atom is 0.241 e. The highest BCUT2D eigenvalue weighted by Gasteiger charge is 2.20. The second-order valence-electron chi connectivity index (χ2n) is 4.55. The molecule has 6 heteroatoms. The molecule has 2 aromatic rings. The zero-order valence-corrected chi connectivity index (χ0v) is 10.3. The summed E-state index contributed by atoms with van der Waals surface area (Å²) in [6.07, 6.45) is 3.21. The summed E-state index contributed by atoms with van der Waals surface area (Å²) in [5.41, 5.74) is 0.846. The van der Waals surface area contributed by atoms with Crippen LogP contribution in [-0.2, 0) is 6.54 Å². The molecule has 2 aromatic heterocycles. The Kier molecular flexibility index (Phi) is 3.12. The molecule has 3 rings (SSSR count). The first-order valence-electron chi connectivity index (χ1n) is 6.13. The number of aromatic nitrogens is 2. The summed E-state index contributed by atoms with van der Waals surface area (Å²) in [6.45, 7) is 5.91. The van der Waals surface area contributed by atoms with Crippen LogP contribution in [0.25, 0.3) is 11.4 Å². The van der Waals surface area contributed by atoms with Gasteiger partial charge in [0.25, 0.3) is 0 Å². The highest BCUT2D eigenvalue weighted by molar-refractivity contribution is 5.51. The van der Waals surface area contributed by atoms with Gasteiger partial charge in [-0.05, 0) is 13.0 Å². The Balaban J connectivity index is 1.70. The molecule has 0 saturated carbocycles. The Labute approximate surface area is 105 Å². The van der Waals surface area contributed by atoms with Gasteiger partial charge in [-0.1, -0.05) is 5.16 Å².